The second-order valence-electron chi connectivity index (χ2n) is 5.70. The van der Waals surface area contributed by atoms with E-state index in [2.05, 4.69) is 4.99 Å². The molecule has 2 rings (SSSR count). The Balaban J connectivity index is 2.65. The van der Waals surface area contributed by atoms with Gasteiger partial charge in [-0.25, -0.2) is 4.79 Å². The molecule has 0 bridgehead atoms. The summed E-state index contributed by atoms with van der Waals surface area (Å²) in [6.45, 7) is 7.45. The van der Waals surface area contributed by atoms with E-state index in [0.717, 1.165) is 0 Å². The maximum absolute atomic E-state index is 12.6. The first-order chi connectivity index (χ1) is 11.9. The summed E-state index contributed by atoms with van der Waals surface area (Å²) in [5, 5.41) is 0.478. The molecule has 0 N–H and O–H groups in total. The summed E-state index contributed by atoms with van der Waals surface area (Å²) in [6.07, 6.45) is 0. The molecule has 0 fully saturated rings. The largest absolute Gasteiger partial charge is 0.465 e. The molecule has 1 aromatic carbocycles. The van der Waals surface area contributed by atoms with Gasteiger partial charge in [0.1, 0.15) is 5.92 Å². The van der Waals surface area contributed by atoms with Gasteiger partial charge in [-0.2, -0.15) is 0 Å². The number of carbonyl (C=O) groups excluding carboxylic acids is 2. The van der Waals surface area contributed by atoms with Gasteiger partial charge >= 0.3 is 11.9 Å². The van der Waals surface area contributed by atoms with Crippen LogP contribution in [0.5, 0.6) is 0 Å². The number of aliphatic imine (C=N–C) groups is 1. The highest BCUT2D eigenvalue weighted by Crippen LogP contribution is 2.42. The van der Waals surface area contributed by atoms with Crippen LogP contribution in [0.15, 0.2) is 40.5 Å². The molecule has 0 saturated heterocycles. The second-order valence-corrected chi connectivity index (χ2v) is 6.11. The molecule has 1 aliphatic heterocycles. The fourth-order valence-corrected chi connectivity index (χ4v) is 3.37. The van der Waals surface area contributed by atoms with Gasteiger partial charge in [0.15, 0.2) is 0 Å². The lowest BCUT2D eigenvalue weighted by Crippen LogP contribution is -2.36. The van der Waals surface area contributed by atoms with Gasteiger partial charge in [-0.1, -0.05) is 29.8 Å². The SMILES string of the molecule is CCOC(=O)C1=C(C)N=C(C)[C@@H](C(=O)OCC)[C@@H]1c1ccccc1Cl. The molecule has 1 heterocycles. The molecule has 5 nitrogen and oxygen atoms in total. The van der Waals surface area contributed by atoms with Crippen molar-refractivity contribution in [1.82, 2.24) is 0 Å². The predicted octanol–water partition coefficient (Wildman–Crippen LogP) is 3.91. The number of benzene rings is 1. The van der Waals surface area contributed by atoms with Crippen LogP contribution in [0.3, 0.4) is 0 Å². The molecule has 1 aromatic rings. The molecule has 6 heteroatoms. The zero-order valence-electron chi connectivity index (χ0n) is 14.8. The van der Waals surface area contributed by atoms with Crippen molar-refractivity contribution in [2.75, 3.05) is 13.2 Å². The summed E-state index contributed by atoms with van der Waals surface area (Å²) in [5.74, 6) is -2.23. The van der Waals surface area contributed by atoms with Gasteiger partial charge in [0.2, 0.25) is 0 Å². The van der Waals surface area contributed by atoms with E-state index < -0.39 is 23.8 Å². The van der Waals surface area contributed by atoms with Gasteiger partial charge in [-0.05, 0) is 39.3 Å². The molecular formula is C19H22ClNO4. The van der Waals surface area contributed by atoms with E-state index in [0.29, 0.717) is 27.6 Å². The minimum absolute atomic E-state index is 0.234. The molecule has 0 aromatic heterocycles. The number of esters is 2. The average Bonchev–Trinajstić information content (AvgIpc) is 2.54. The van der Waals surface area contributed by atoms with Crippen LogP contribution in [-0.2, 0) is 19.1 Å². The zero-order chi connectivity index (χ0) is 18.6. The normalized spacial score (nSPS) is 20.1. The van der Waals surface area contributed by atoms with Gasteiger partial charge in [0.25, 0.3) is 0 Å². The standard InChI is InChI=1S/C19H22ClNO4/c1-5-24-18(22)15-11(3)21-12(4)16(19(23)25-6-2)17(15)13-9-7-8-10-14(13)20/h7-10,15,17H,5-6H2,1-4H3/t15-,17+/m1/s1. The Morgan fingerprint density at radius 2 is 1.76 bits per heavy atom. The Labute approximate surface area is 152 Å². The van der Waals surface area contributed by atoms with E-state index in [9.17, 15) is 9.59 Å². The van der Waals surface area contributed by atoms with E-state index in [1.807, 2.05) is 12.1 Å². The molecule has 134 valence electrons. The Kier molecular flexibility index (Phi) is 6.37. The first-order valence-corrected chi connectivity index (χ1v) is 8.64. The topological polar surface area (TPSA) is 65.0 Å². The van der Waals surface area contributed by atoms with Gasteiger partial charge in [-0.3, -0.25) is 9.79 Å². The molecule has 1 aliphatic rings. The van der Waals surface area contributed by atoms with Crippen LogP contribution in [-0.4, -0.2) is 30.9 Å². The zero-order valence-corrected chi connectivity index (χ0v) is 15.6. The molecule has 0 unspecified atom stereocenters. The van der Waals surface area contributed by atoms with Crippen LogP contribution < -0.4 is 0 Å². The first-order valence-electron chi connectivity index (χ1n) is 8.26. The Hall–Kier alpha value is -2.14. The number of hydrogen-bond acceptors (Lipinski definition) is 5. The van der Waals surface area contributed by atoms with Gasteiger partial charge in [0.05, 0.1) is 18.8 Å². The minimum atomic E-state index is -0.719. The van der Waals surface area contributed by atoms with Gasteiger partial charge < -0.3 is 9.47 Å². The van der Waals surface area contributed by atoms with Crippen molar-refractivity contribution in [3.8, 4) is 0 Å². The highest BCUT2D eigenvalue weighted by Gasteiger charge is 2.43. The van der Waals surface area contributed by atoms with E-state index in [1.54, 1.807) is 39.8 Å². The Morgan fingerprint density at radius 3 is 2.36 bits per heavy atom. The molecule has 0 amide bonds. The van der Waals surface area contributed by atoms with Crippen LogP contribution in [0.25, 0.3) is 0 Å². The lowest BCUT2D eigenvalue weighted by atomic mass is 9.75. The lowest BCUT2D eigenvalue weighted by molar-refractivity contribution is -0.146. The van der Waals surface area contributed by atoms with E-state index >= 15 is 0 Å². The smallest absolute Gasteiger partial charge is 0.336 e. The van der Waals surface area contributed by atoms with Crippen molar-refractivity contribution in [3.63, 3.8) is 0 Å². The van der Waals surface area contributed by atoms with Gasteiger partial charge in [0, 0.05) is 22.3 Å². The highest BCUT2D eigenvalue weighted by atomic mass is 35.5. The number of ether oxygens (including phenoxy) is 2. The number of allylic oxidation sites excluding steroid dienone is 1. The number of hydrogen-bond donors (Lipinski definition) is 0. The van der Waals surface area contributed by atoms with E-state index in [1.165, 1.54) is 0 Å². The molecular weight excluding hydrogens is 342 g/mol. The number of nitrogens with zero attached hydrogens (tertiary/aromatic N) is 1. The molecule has 25 heavy (non-hydrogen) atoms. The van der Waals surface area contributed by atoms with Crippen molar-refractivity contribution < 1.29 is 19.1 Å². The summed E-state index contributed by atoms with van der Waals surface area (Å²) >= 11 is 6.38. The third-order valence-electron chi connectivity index (χ3n) is 4.10. The third-order valence-corrected chi connectivity index (χ3v) is 4.45. The van der Waals surface area contributed by atoms with Crippen LogP contribution in [0.4, 0.5) is 0 Å². The lowest BCUT2D eigenvalue weighted by Gasteiger charge is -2.31. The second kappa shape index (κ2) is 8.30. The Bertz CT molecular complexity index is 739. The van der Waals surface area contributed by atoms with Crippen LogP contribution >= 0.6 is 11.6 Å². The summed E-state index contributed by atoms with van der Waals surface area (Å²) in [7, 11) is 0. The van der Waals surface area contributed by atoms with Crippen molar-refractivity contribution in [1.29, 1.82) is 0 Å². The van der Waals surface area contributed by atoms with Crippen molar-refractivity contribution in [2.24, 2.45) is 10.9 Å². The molecule has 0 radical (unpaired) electrons. The third kappa shape index (κ3) is 3.93. The van der Waals surface area contributed by atoms with E-state index in [4.69, 9.17) is 21.1 Å². The van der Waals surface area contributed by atoms with Crippen molar-refractivity contribution in [2.45, 2.75) is 33.6 Å². The quantitative estimate of drug-likeness (QED) is 0.744. The average molecular weight is 364 g/mol. The minimum Gasteiger partial charge on any atom is -0.465 e. The molecule has 2 atom stereocenters. The number of halogens is 1. The highest BCUT2D eigenvalue weighted by molar-refractivity contribution is 6.31. The maximum Gasteiger partial charge on any atom is 0.336 e. The summed E-state index contributed by atoms with van der Waals surface area (Å²) in [5.41, 5.74) is 2.15. The molecule has 0 saturated carbocycles. The van der Waals surface area contributed by atoms with E-state index in [-0.39, 0.29) is 13.2 Å². The summed E-state index contributed by atoms with van der Waals surface area (Å²) in [6, 6.07) is 7.17. The fourth-order valence-electron chi connectivity index (χ4n) is 3.11. The number of carbonyl (C=O) groups is 2. The summed E-state index contributed by atoms with van der Waals surface area (Å²) < 4.78 is 10.4. The first kappa shape index (κ1) is 19.2. The van der Waals surface area contributed by atoms with Gasteiger partial charge in [-0.15, -0.1) is 0 Å². The number of rotatable bonds is 5. The fraction of sp³-hybridized carbons (Fsp3) is 0.421. The van der Waals surface area contributed by atoms with Crippen molar-refractivity contribution in [3.05, 3.63) is 46.1 Å². The van der Waals surface area contributed by atoms with Crippen LogP contribution in [0, 0.1) is 5.92 Å². The van der Waals surface area contributed by atoms with Crippen LogP contribution in [0.2, 0.25) is 5.02 Å². The maximum atomic E-state index is 12.6. The summed E-state index contributed by atoms with van der Waals surface area (Å²) in [4.78, 5) is 29.6. The Morgan fingerprint density at radius 1 is 1.12 bits per heavy atom. The molecule has 0 aliphatic carbocycles. The predicted molar refractivity (Wildman–Crippen MR) is 96.8 cm³/mol. The monoisotopic (exact) mass is 363 g/mol. The van der Waals surface area contributed by atoms with Crippen LogP contribution in [0.1, 0.15) is 39.2 Å². The van der Waals surface area contributed by atoms with Crippen molar-refractivity contribution >= 4 is 29.3 Å². The molecule has 0 spiro atoms.